The molecule has 3 heteroatoms. The molecule has 0 amide bonds. The van der Waals surface area contributed by atoms with Crippen molar-refractivity contribution in [1.82, 2.24) is 4.98 Å². The Balaban J connectivity index is 1.82. The van der Waals surface area contributed by atoms with Crippen molar-refractivity contribution in [2.75, 3.05) is 6.54 Å². The highest BCUT2D eigenvalue weighted by molar-refractivity contribution is 5.81. The molecule has 0 radical (unpaired) electrons. The fourth-order valence-corrected chi connectivity index (χ4v) is 2.94. The van der Waals surface area contributed by atoms with Crippen LogP contribution in [0.25, 0.3) is 10.9 Å². The third kappa shape index (κ3) is 2.48. The molecule has 1 saturated carbocycles. The first kappa shape index (κ1) is 12.6. The van der Waals surface area contributed by atoms with Gasteiger partial charge >= 0.3 is 0 Å². The monoisotopic (exact) mass is 256 g/mol. The summed E-state index contributed by atoms with van der Waals surface area (Å²) in [5.74, 6) is 0. The van der Waals surface area contributed by atoms with Crippen molar-refractivity contribution in [3.8, 4) is 0 Å². The zero-order valence-corrected chi connectivity index (χ0v) is 11.1. The van der Waals surface area contributed by atoms with Crippen LogP contribution in [0, 0.1) is 0 Å². The summed E-state index contributed by atoms with van der Waals surface area (Å²) in [6.45, 7) is 1.25. The molecule has 2 N–H and O–H groups in total. The fraction of sp³-hybridized carbons (Fsp3) is 0.438. The largest absolute Gasteiger partial charge is 0.369 e. The Morgan fingerprint density at radius 1 is 1.16 bits per heavy atom. The van der Waals surface area contributed by atoms with E-state index in [-0.39, 0.29) is 5.60 Å². The lowest BCUT2D eigenvalue weighted by Gasteiger charge is -2.28. The maximum Gasteiger partial charge on any atom is 0.0808 e. The molecule has 2 aromatic rings. The van der Waals surface area contributed by atoms with E-state index < -0.39 is 0 Å². The van der Waals surface area contributed by atoms with Crippen LogP contribution in [0.5, 0.6) is 0 Å². The number of ether oxygens (including phenoxy) is 1. The Kier molecular flexibility index (Phi) is 3.49. The van der Waals surface area contributed by atoms with Crippen LogP contribution in [-0.2, 0) is 11.3 Å². The molecule has 1 aromatic carbocycles. The lowest BCUT2D eigenvalue weighted by atomic mass is 10.0. The summed E-state index contributed by atoms with van der Waals surface area (Å²) >= 11 is 0. The van der Waals surface area contributed by atoms with Gasteiger partial charge < -0.3 is 10.5 Å². The van der Waals surface area contributed by atoms with Gasteiger partial charge in [-0.15, -0.1) is 0 Å². The molecular formula is C16H20N2O. The predicted octanol–water partition coefficient (Wildman–Crippen LogP) is 3.02. The smallest absolute Gasteiger partial charge is 0.0808 e. The average molecular weight is 256 g/mol. The van der Waals surface area contributed by atoms with Crippen molar-refractivity contribution < 1.29 is 4.74 Å². The van der Waals surface area contributed by atoms with Gasteiger partial charge in [-0.2, -0.15) is 0 Å². The van der Waals surface area contributed by atoms with E-state index in [9.17, 15) is 0 Å². The molecule has 1 aromatic heterocycles. The molecular weight excluding hydrogens is 236 g/mol. The molecule has 0 atom stereocenters. The van der Waals surface area contributed by atoms with Crippen LogP contribution < -0.4 is 5.73 Å². The van der Waals surface area contributed by atoms with Crippen LogP contribution in [0.4, 0.5) is 0 Å². The number of para-hydroxylation sites is 1. The highest BCUT2D eigenvalue weighted by Gasteiger charge is 2.33. The topological polar surface area (TPSA) is 48.1 Å². The first-order chi connectivity index (χ1) is 9.33. The van der Waals surface area contributed by atoms with Gasteiger partial charge in [-0.05, 0) is 30.5 Å². The number of nitrogens with zero attached hydrogens (tertiary/aromatic N) is 1. The summed E-state index contributed by atoms with van der Waals surface area (Å²) < 4.78 is 6.18. The lowest BCUT2D eigenvalue weighted by molar-refractivity contribution is -0.0444. The minimum absolute atomic E-state index is 0.0929. The fourth-order valence-electron chi connectivity index (χ4n) is 2.94. The number of rotatable bonds is 4. The molecule has 100 valence electrons. The zero-order chi connectivity index (χ0) is 13.1. The van der Waals surface area contributed by atoms with Crippen molar-refractivity contribution in [3.63, 3.8) is 0 Å². The standard InChI is InChI=1S/C16H20N2O/c17-12-16(8-3-4-9-16)19-11-13-7-10-18-15-6-2-1-5-14(13)15/h1-2,5-7,10H,3-4,8-9,11-12,17H2. The molecule has 1 aliphatic carbocycles. The molecule has 0 aliphatic heterocycles. The molecule has 1 heterocycles. The molecule has 0 bridgehead atoms. The van der Waals surface area contributed by atoms with Gasteiger partial charge in [-0.3, -0.25) is 4.98 Å². The summed E-state index contributed by atoms with van der Waals surface area (Å²) in [6.07, 6.45) is 6.49. The maximum absolute atomic E-state index is 6.18. The molecule has 0 saturated heterocycles. The first-order valence-electron chi connectivity index (χ1n) is 7.00. The van der Waals surface area contributed by atoms with Crippen molar-refractivity contribution >= 4 is 10.9 Å². The van der Waals surface area contributed by atoms with E-state index in [4.69, 9.17) is 10.5 Å². The van der Waals surface area contributed by atoms with Crippen LogP contribution >= 0.6 is 0 Å². The molecule has 1 fully saturated rings. The summed E-state index contributed by atoms with van der Waals surface area (Å²) in [5, 5.41) is 1.18. The molecule has 1 aliphatic rings. The second-order valence-corrected chi connectivity index (χ2v) is 5.37. The number of nitrogens with two attached hydrogens (primary N) is 1. The zero-order valence-electron chi connectivity index (χ0n) is 11.1. The van der Waals surface area contributed by atoms with Gasteiger partial charge in [0.25, 0.3) is 0 Å². The first-order valence-corrected chi connectivity index (χ1v) is 7.00. The van der Waals surface area contributed by atoms with E-state index in [2.05, 4.69) is 11.1 Å². The number of fused-ring (bicyclic) bond motifs is 1. The number of aromatic nitrogens is 1. The van der Waals surface area contributed by atoms with Gasteiger partial charge in [-0.1, -0.05) is 31.0 Å². The molecule has 19 heavy (non-hydrogen) atoms. The van der Waals surface area contributed by atoms with Crippen molar-refractivity contribution in [2.24, 2.45) is 5.73 Å². The summed E-state index contributed by atoms with van der Waals surface area (Å²) in [5.41, 5.74) is 8.04. The Bertz CT molecular complexity index is 556. The van der Waals surface area contributed by atoms with Gasteiger partial charge in [-0.25, -0.2) is 0 Å². The summed E-state index contributed by atoms with van der Waals surface area (Å²) in [4.78, 5) is 4.38. The van der Waals surface area contributed by atoms with E-state index in [0.29, 0.717) is 13.2 Å². The lowest BCUT2D eigenvalue weighted by Crippen LogP contribution is -2.37. The highest BCUT2D eigenvalue weighted by Crippen LogP contribution is 2.33. The number of hydrogen-bond donors (Lipinski definition) is 1. The van der Waals surface area contributed by atoms with Gasteiger partial charge in [0.05, 0.1) is 17.7 Å². The van der Waals surface area contributed by atoms with Gasteiger partial charge in [0.15, 0.2) is 0 Å². The van der Waals surface area contributed by atoms with Crippen LogP contribution in [0.15, 0.2) is 36.5 Å². The highest BCUT2D eigenvalue weighted by atomic mass is 16.5. The number of pyridine rings is 1. The van der Waals surface area contributed by atoms with Crippen molar-refractivity contribution in [1.29, 1.82) is 0 Å². The molecule has 0 unspecified atom stereocenters. The average Bonchev–Trinajstić information content (AvgIpc) is 2.94. The summed E-state index contributed by atoms with van der Waals surface area (Å²) in [6, 6.07) is 10.2. The van der Waals surface area contributed by atoms with Crippen LogP contribution in [0.2, 0.25) is 0 Å². The Hall–Kier alpha value is -1.45. The molecule has 3 rings (SSSR count). The maximum atomic E-state index is 6.18. The molecule has 0 spiro atoms. The Morgan fingerprint density at radius 3 is 2.74 bits per heavy atom. The van der Waals surface area contributed by atoms with Crippen molar-refractivity contribution in [2.45, 2.75) is 37.9 Å². The minimum atomic E-state index is -0.0929. The predicted molar refractivity (Wildman–Crippen MR) is 76.8 cm³/mol. The SMILES string of the molecule is NCC1(OCc2ccnc3ccccc23)CCCC1. The normalized spacial score (nSPS) is 17.9. The van der Waals surface area contributed by atoms with Crippen LogP contribution in [-0.4, -0.2) is 17.1 Å². The Labute approximate surface area is 113 Å². The van der Waals surface area contributed by atoms with E-state index in [0.717, 1.165) is 18.4 Å². The van der Waals surface area contributed by atoms with E-state index in [1.54, 1.807) is 0 Å². The van der Waals surface area contributed by atoms with Crippen molar-refractivity contribution in [3.05, 3.63) is 42.1 Å². The van der Waals surface area contributed by atoms with E-state index in [1.807, 2.05) is 30.5 Å². The second-order valence-electron chi connectivity index (χ2n) is 5.37. The molecule has 3 nitrogen and oxygen atoms in total. The third-order valence-electron chi connectivity index (χ3n) is 4.16. The number of hydrogen-bond acceptors (Lipinski definition) is 3. The van der Waals surface area contributed by atoms with Crippen LogP contribution in [0.1, 0.15) is 31.2 Å². The van der Waals surface area contributed by atoms with Gasteiger partial charge in [0, 0.05) is 18.1 Å². The van der Waals surface area contributed by atoms with E-state index >= 15 is 0 Å². The summed E-state index contributed by atoms with van der Waals surface area (Å²) in [7, 11) is 0. The van der Waals surface area contributed by atoms with E-state index in [1.165, 1.54) is 23.8 Å². The third-order valence-corrected chi connectivity index (χ3v) is 4.16. The quantitative estimate of drug-likeness (QED) is 0.914. The Morgan fingerprint density at radius 2 is 1.95 bits per heavy atom. The van der Waals surface area contributed by atoms with Gasteiger partial charge in [0.1, 0.15) is 0 Å². The second kappa shape index (κ2) is 5.27. The minimum Gasteiger partial charge on any atom is -0.369 e. The van der Waals surface area contributed by atoms with Crippen LogP contribution in [0.3, 0.4) is 0 Å². The van der Waals surface area contributed by atoms with Gasteiger partial charge in [0.2, 0.25) is 0 Å². The number of benzene rings is 1.